The second kappa shape index (κ2) is 2.88. The van der Waals surface area contributed by atoms with E-state index < -0.39 is 17.2 Å². The molecule has 1 aromatic carbocycles. The second-order valence-corrected chi connectivity index (χ2v) is 5.28. The number of imide groups is 1. The minimum Gasteiger partial charge on any atom is -0.295 e. The summed E-state index contributed by atoms with van der Waals surface area (Å²) in [6.07, 6.45) is 2.33. The highest BCUT2D eigenvalue weighted by Gasteiger charge is 2.65. The quantitative estimate of drug-likeness (QED) is 0.538. The summed E-state index contributed by atoms with van der Waals surface area (Å²) in [6.45, 7) is 0. The molecule has 0 saturated carbocycles. The summed E-state index contributed by atoms with van der Waals surface area (Å²) < 4.78 is 0. The Morgan fingerprint density at radius 2 is 2.06 bits per heavy atom. The molecule has 1 fully saturated rings. The number of aryl methyl sites for hydroxylation is 1. The van der Waals surface area contributed by atoms with Gasteiger partial charge < -0.3 is 0 Å². The normalized spacial score (nSPS) is 32.2. The average Bonchev–Trinajstić information content (AvgIpc) is 2.76. The van der Waals surface area contributed by atoms with Crippen molar-refractivity contribution < 1.29 is 14.4 Å². The van der Waals surface area contributed by atoms with Crippen LogP contribution in [0.25, 0.3) is 0 Å². The molecule has 1 aliphatic heterocycles. The maximum absolute atomic E-state index is 12.4. The first-order chi connectivity index (χ1) is 8.66. The minimum atomic E-state index is -0.891. The molecule has 2 atom stereocenters. The summed E-state index contributed by atoms with van der Waals surface area (Å²) in [7, 11) is 0. The average molecular weight is 241 g/mol. The highest BCUT2D eigenvalue weighted by Crippen LogP contribution is 2.53. The zero-order chi connectivity index (χ0) is 12.5. The highest BCUT2D eigenvalue weighted by atomic mass is 16.2. The van der Waals surface area contributed by atoms with E-state index in [1.807, 2.05) is 12.1 Å². The fraction of sp³-hybridized carbons (Fsp3) is 0.357. The molecular formula is C14H11NO3. The van der Waals surface area contributed by atoms with Crippen LogP contribution in [-0.2, 0) is 21.4 Å². The van der Waals surface area contributed by atoms with Crippen LogP contribution < -0.4 is 5.32 Å². The summed E-state index contributed by atoms with van der Waals surface area (Å²) in [6, 6.07) is 5.55. The van der Waals surface area contributed by atoms with Crippen LogP contribution in [0.1, 0.15) is 34.3 Å². The highest BCUT2D eigenvalue weighted by molar-refractivity contribution is 6.27. The van der Waals surface area contributed by atoms with Crippen LogP contribution in [0.4, 0.5) is 0 Å². The first-order valence-corrected chi connectivity index (χ1v) is 6.18. The molecule has 18 heavy (non-hydrogen) atoms. The Labute approximate surface area is 103 Å². The molecule has 0 aromatic heterocycles. The van der Waals surface area contributed by atoms with Crippen LogP contribution in [0, 0.1) is 5.92 Å². The van der Waals surface area contributed by atoms with Gasteiger partial charge >= 0.3 is 0 Å². The summed E-state index contributed by atoms with van der Waals surface area (Å²) in [5, 5.41) is 2.34. The van der Waals surface area contributed by atoms with Crippen molar-refractivity contribution in [3.8, 4) is 0 Å². The number of rotatable bonds is 0. The van der Waals surface area contributed by atoms with Crippen LogP contribution >= 0.6 is 0 Å². The molecular weight excluding hydrogens is 230 g/mol. The van der Waals surface area contributed by atoms with E-state index in [1.165, 1.54) is 0 Å². The lowest BCUT2D eigenvalue weighted by atomic mass is 9.67. The predicted molar refractivity (Wildman–Crippen MR) is 62.0 cm³/mol. The molecule has 0 bridgehead atoms. The zero-order valence-electron chi connectivity index (χ0n) is 9.66. The maximum Gasteiger partial charge on any atom is 0.238 e. The smallest absolute Gasteiger partial charge is 0.238 e. The SMILES string of the molecule is O=C1NC(=O)[C@@]23CCCc4cccc(c42)C(=O)[C@H]13. The molecule has 1 aromatic rings. The van der Waals surface area contributed by atoms with Gasteiger partial charge in [-0.15, -0.1) is 0 Å². The van der Waals surface area contributed by atoms with Gasteiger partial charge in [-0.3, -0.25) is 19.7 Å². The van der Waals surface area contributed by atoms with Gasteiger partial charge in [0.15, 0.2) is 5.78 Å². The van der Waals surface area contributed by atoms with E-state index in [1.54, 1.807) is 6.07 Å². The van der Waals surface area contributed by atoms with Crippen LogP contribution in [0.5, 0.6) is 0 Å². The third-order valence-electron chi connectivity index (χ3n) is 4.54. The Morgan fingerprint density at radius 3 is 2.89 bits per heavy atom. The van der Waals surface area contributed by atoms with Gasteiger partial charge in [-0.25, -0.2) is 0 Å². The molecule has 1 N–H and O–H groups in total. The number of nitrogens with one attached hydrogen (secondary N) is 1. The van der Waals surface area contributed by atoms with Gasteiger partial charge in [0, 0.05) is 5.56 Å². The molecule has 3 aliphatic rings. The predicted octanol–water partition coefficient (Wildman–Crippen LogP) is 0.730. The van der Waals surface area contributed by atoms with Crippen molar-refractivity contribution >= 4 is 17.6 Å². The second-order valence-electron chi connectivity index (χ2n) is 5.28. The Bertz CT molecular complexity index is 634. The lowest BCUT2D eigenvalue weighted by Crippen LogP contribution is -2.40. The standard InChI is InChI=1S/C14H11NO3/c16-11-8-5-1-3-7-4-2-6-14(9(7)8)10(11)12(17)15-13(14)18/h1,3,5,10H,2,4,6H2,(H,15,17,18)/t10-,14+/m1/s1. The van der Waals surface area contributed by atoms with E-state index in [4.69, 9.17) is 0 Å². The topological polar surface area (TPSA) is 63.2 Å². The van der Waals surface area contributed by atoms with Crippen molar-refractivity contribution in [3.63, 3.8) is 0 Å². The number of hydrogen-bond donors (Lipinski definition) is 1. The maximum atomic E-state index is 12.4. The Hall–Kier alpha value is -1.97. The number of benzene rings is 1. The zero-order valence-corrected chi connectivity index (χ0v) is 9.66. The van der Waals surface area contributed by atoms with Crippen LogP contribution in [0.15, 0.2) is 18.2 Å². The van der Waals surface area contributed by atoms with Crippen molar-refractivity contribution in [1.82, 2.24) is 5.32 Å². The van der Waals surface area contributed by atoms with E-state index in [-0.39, 0.29) is 11.7 Å². The molecule has 2 amide bonds. The number of amides is 2. The number of carbonyl (C=O) groups is 3. The largest absolute Gasteiger partial charge is 0.295 e. The van der Waals surface area contributed by atoms with Crippen molar-refractivity contribution in [2.75, 3.05) is 0 Å². The number of carbonyl (C=O) groups excluding carboxylic acids is 3. The molecule has 90 valence electrons. The van der Waals surface area contributed by atoms with Gasteiger partial charge in [-0.05, 0) is 30.4 Å². The van der Waals surface area contributed by atoms with Crippen LogP contribution in [0.3, 0.4) is 0 Å². The van der Waals surface area contributed by atoms with Gasteiger partial charge in [-0.1, -0.05) is 18.2 Å². The van der Waals surface area contributed by atoms with Crippen molar-refractivity contribution in [1.29, 1.82) is 0 Å². The molecule has 4 heteroatoms. The summed E-state index contributed by atoms with van der Waals surface area (Å²) in [5.74, 6) is -1.70. The van der Waals surface area contributed by atoms with Gasteiger partial charge in [0.2, 0.25) is 11.8 Å². The van der Waals surface area contributed by atoms with E-state index in [0.717, 1.165) is 24.0 Å². The number of hydrogen-bond acceptors (Lipinski definition) is 3. The number of ketones is 1. The van der Waals surface area contributed by atoms with E-state index in [9.17, 15) is 14.4 Å². The molecule has 1 saturated heterocycles. The van der Waals surface area contributed by atoms with Gasteiger partial charge in [0.25, 0.3) is 0 Å². The van der Waals surface area contributed by atoms with Crippen molar-refractivity contribution in [3.05, 3.63) is 34.9 Å². The summed E-state index contributed by atoms with van der Waals surface area (Å²) in [5.41, 5.74) is 1.58. The monoisotopic (exact) mass is 241 g/mol. The number of Topliss-reactive ketones (excluding diaryl/α,β-unsaturated/α-hetero) is 1. The molecule has 2 aliphatic carbocycles. The molecule has 1 heterocycles. The molecule has 4 rings (SSSR count). The van der Waals surface area contributed by atoms with Gasteiger partial charge in [0.1, 0.15) is 5.92 Å². The molecule has 1 spiro atoms. The van der Waals surface area contributed by atoms with E-state index in [0.29, 0.717) is 12.0 Å². The Morgan fingerprint density at radius 1 is 1.22 bits per heavy atom. The first kappa shape index (κ1) is 10.00. The fourth-order valence-electron chi connectivity index (χ4n) is 3.89. The Kier molecular flexibility index (Phi) is 1.60. The molecule has 4 nitrogen and oxygen atoms in total. The van der Waals surface area contributed by atoms with E-state index in [2.05, 4.69) is 5.32 Å². The Balaban J connectivity index is 2.12. The van der Waals surface area contributed by atoms with Gasteiger partial charge in [0.05, 0.1) is 5.41 Å². The first-order valence-electron chi connectivity index (χ1n) is 6.18. The summed E-state index contributed by atoms with van der Waals surface area (Å²) >= 11 is 0. The summed E-state index contributed by atoms with van der Waals surface area (Å²) in [4.78, 5) is 36.5. The van der Waals surface area contributed by atoms with Crippen LogP contribution in [0.2, 0.25) is 0 Å². The van der Waals surface area contributed by atoms with Crippen molar-refractivity contribution in [2.45, 2.75) is 24.7 Å². The third-order valence-corrected chi connectivity index (χ3v) is 4.54. The minimum absolute atomic E-state index is 0.183. The van der Waals surface area contributed by atoms with Crippen LogP contribution in [-0.4, -0.2) is 17.6 Å². The fourth-order valence-corrected chi connectivity index (χ4v) is 3.89. The van der Waals surface area contributed by atoms with Gasteiger partial charge in [-0.2, -0.15) is 0 Å². The molecule has 0 unspecified atom stereocenters. The lowest BCUT2D eigenvalue weighted by molar-refractivity contribution is -0.126. The van der Waals surface area contributed by atoms with Crippen molar-refractivity contribution in [2.24, 2.45) is 5.92 Å². The lowest BCUT2D eigenvalue weighted by Gasteiger charge is -2.31. The third kappa shape index (κ3) is 0.847. The van der Waals surface area contributed by atoms with E-state index >= 15 is 0 Å². The molecule has 0 radical (unpaired) electrons.